The molecule has 2 heterocycles. The Morgan fingerprint density at radius 2 is 1.90 bits per heavy atom. The molecular formula is C23H27N3O3S. The Hall–Kier alpha value is -2.93. The van der Waals surface area contributed by atoms with E-state index < -0.39 is 0 Å². The fourth-order valence-corrected chi connectivity index (χ4v) is 3.97. The minimum absolute atomic E-state index is 0.0817. The molecule has 6 nitrogen and oxygen atoms in total. The van der Waals surface area contributed by atoms with Gasteiger partial charge < -0.3 is 14.6 Å². The van der Waals surface area contributed by atoms with Crippen molar-refractivity contribution in [2.24, 2.45) is 0 Å². The molecular weight excluding hydrogens is 398 g/mol. The molecule has 0 radical (unpaired) electrons. The number of carbonyl (C=O) groups excluding carboxylic acids is 2. The summed E-state index contributed by atoms with van der Waals surface area (Å²) >= 11 is 1.64. The van der Waals surface area contributed by atoms with Crippen molar-refractivity contribution in [1.29, 1.82) is 0 Å². The van der Waals surface area contributed by atoms with Crippen LogP contribution >= 0.6 is 11.3 Å². The van der Waals surface area contributed by atoms with Gasteiger partial charge in [0, 0.05) is 28.9 Å². The molecule has 0 fully saturated rings. The summed E-state index contributed by atoms with van der Waals surface area (Å²) < 4.78 is 6.92. The number of rotatable bonds is 8. The predicted molar refractivity (Wildman–Crippen MR) is 119 cm³/mol. The molecule has 3 rings (SSSR count). The van der Waals surface area contributed by atoms with Gasteiger partial charge in [0.25, 0.3) is 0 Å². The number of nitrogens with one attached hydrogen (secondary N) is 1. The van der Waals surface area contributed by atoms with Crippen molar-refractivity contribution in [2.45, 2.75) is 40.7 Å². The second kappa shape index (κ2) is 9.71. The Morgan fingerprint density at radius 3 is 2.53 bits per heavy atom. The van der Waals surface area contributed by atoms with E-state index in [4.69, 9.17) is 4.74 Å². The van der Waals surface area contributed by atoms with Crippen molar-refractivity contribution >= 4 is 23.2 Å². The Morgan fingerprint density at radius 1 is 1.17 bits per heavy atom. The third-order valence-electron chi connectivity index (χ3n) is 4.98. The van der Waals surface area contributed by atoms with Crippen molar-refractivity contribution in [3.63, 3.8) is 0 Å². The highest BCUT2D eigenvalue weighted by Gasteiger charge is 2.18. The van der Waals surface area contributed by atoms with Gasteiger partial charge in [-0.3, -0.25) is 4.79 Å². The fraction of sp³-hybridized carbons (Fsp3) is 0.348. The lowest BCUT2D eigenvalue weighted by atomic mass is 10.1. The average molecular weight is 426 g/mol. The number of aryl methyl sites for hydroxylation is 2. The SMILES string of the molecule is CCOC(=O)c1cc(C)n(CC(=O)NCCc2ccc(-c3csc(C)n3)cc2)c1C. The first-order chi connectivity index (χ1) is 14.4. The zero-order chi connectivity index (χ0) is 21.7. The quantitative estimate of drug-likeness (QED) is 0.552. The molecule has 0 bridgehead atoms. The average Bonchev–Trinajstić information content (AvgIpc) is 3.27. The van der Waals surface area contributed by atoms with Gasteiger partial charge in [0.2, 0.25) is 5.91 Å². The molecule has 0 saturated carbocycles. The summed E-state index contributed by atoms with van der Waals surface area (Å²) in [5.41, 5.74) is 5.37. The zero-order valence-corrected chi connectivity index (χ0v) is 18.6. The smallest absolute Gasteiger partial charge is 0.339 e. The number of carbonyl (C=O) groups is 2. The van der Waals surface area contributed by atoms with Crippen molar-refractivity contribution in [3.8, 4) is 11.3 Å². The molecule has 1 amide bonds. The van der Waals surface area contributed by atoms with E-state index in [0.29, 0.717) is 18.7 Å². The molecule has 0 spiro atoms. The van der Waals surface area contributed by atoms with E-state index in [1.165, 1.54) is 0 Å². The summed E-state index contributed by atoms with van der Waals surface area (Å²) in [5.74, 6) is -0.435. The van der Waals surface area contributed by atoms with Gasteiger partial charge in [-0.05, 0) is 45.7 Å². The molecule has 2 aromatic heterocycles. The molecule has 0 atom stereocenters. The number of hydrogen-bond acceptors (Lipinski definition) is 5. The molecule has 3 aromatic rings. The van der Waals surface area contributed by atoms with Crippen molar-refractivity contribution < 1.29 is 14.3 Å². The van der Waals surface area contributed by atoms with E-state index in [1.807, 2.05) is 25.3 Å². The largest absolute Gasteiger partial charge is 0.462 e. The van der Waals surface area contributed by atoms with Crippen molar-refractivity contribution in [2.75, 3.05) is 13.2 Å². The first-order valence-corrected chi connectivity index (χ1v) is 10.9. The van der Waals surface area contributed by atoms with E-state index in [0.717, 1.165) is 39.6 Å². The number of thiazole rings is 1. The Kier molecular flexibility index (Phi) is 7.05. The third kappa shape index (κ3) is 5.16. The van der Waals surface area contributed by atoms with Crippen LogP contribution in [0, 0.1) is 20.8 Å². The number of hydrogen-bond donors (Lipinski definition) is 1. The fourth-order valence-electron chi connectivity index (χ4n) is 3.34. The first-order valence-electron chi connectivity index (χ1n) is 10.0. The molecule has 30 heavy (non-hydrogen) atoms. The number of nitrogens with zero attached hydrogens (tertiary/aromatic N) is 2. The minimum atomic E-state index is -0.353. The number of ether oxygens (including phenoxy) is 1. The second-order valence-electron chi connectivity index (χ2n) is 7.14. The van der Waals surface area contributed by atoms with Crippen LogP contribution in [0.1, 0.15) is 39.2 Å². The van der Waals surface area contributed by atoms with E-state index in [2.05, 4.69) is 39.9 Å². The summed E-state index contributed by atoms with van der Waals surface area (Å²) in [6.07, 6.45) is 0.750. The number of aromatic nitrogens is 2. The van der Waals surface area contributed by atoms with Crippen LogP contribution in [0.5, 0.6) is 0 Å². The molecule has 0 aliphatic rings. The lowest BCUT2D eigenvalue weighted by Crippen LogP contribution is -2.30. The van der Waals surface area contributed by atoms with Crippen LogP contribution in [0.4, 0.5) is 0 Å². The van der Waals surface area contributed by atoms with E-state index in [1.54, 1.807) is 24.3 Å². The van der Waals surface area contributed by atoms with Gasteiger partial charge in [0.05, 0.1) is 22.9 Å². The van der Waals surface area contributed by atoms with Gasteiger partial charge in [-0.1, -0.05) is 24.3 Å². The van der Waals surface area contributed by atoms with Crippen LogP contribution in [-0.2, 0) is 22.5 Å². The first kappa shape index (κ1) is 21.8. The van der Waals surface area contributed by atoms with Crippen LogP contribution in [0.15, 0.2) is 35.7 Å². The molecule has 0 aliphatic carbocycles. The topological polar surface area (TPSA) is 73.2 Å². The molecule has 1 aromatic carbocycles. The van der Waals surface area contributed by atoms with Gasteiger partial charge in [-0.15, -0.1) is 11.3 Å². The second-order valence-corrected chi connectivity index (χ2v) is 8.20. The van der Waals surface area contributed by atoms with Crippen LogP contribution in [0.2, 0.25) is 0 Å². The monoisotopic (exact) mass is 425 g/mol. The van der Waals surface area contributed by atoms with Crippen LogP contribution in [0.25, 0.3) is 11.3 Å². The summed E-state index contributed by atoms with van der Waals surface area (Å²) in [5, 5.41) is 6.07. The van der Waals surface area contributed by atoms with Gasteiger partial charge in [-0.25, -0.2) is 9.78 Å². The van der Waals surface area contributed by atoms with E-state index in [9.17, 15) is 9.59 Å². The molecule has 0 saturated heterocycles. The van der Waals surface area contributed by atoms with Crippen LogP contribution in [-0.4, -0.2) is 34.6 Å². The lowest BCUT2D eigenvalue weighted by Gasteiger charge is -2.11. The van der Waals surface area contributed by atoms with Gasteiger partial charge in [0.15, 0.2) is 0 Å². The summed E-state index contributed by atoms with van der Waals surface area (Å²) in [6.45, 7) is 8.55. The number of esters is 1. The normalized spacial score (nSPS) is 10.8. The Labute approximate surface area is 180 Å². The lowest BCUT2D eigenvalue weighted by molar-refractivity contribution is -0.121. The van der Waals surface area contributed by atoms with E-state index >= 15 is 0 Å². The molecule has 0 unspecified atom stereocenters. The predicted octanol–water partition coefficient (Wildman–Crippen LogP) is 4.07. The highest BCUT2D eigenvalue weighted by Crippen LogP contribution is 2.22. The summed E-state index contributed by atoms with van der Waals surface area (Å²) in [7, 11) is 0. The standard InChI is InChI=1S/C23H27N3O3S/c1-5-29-23(28)20-12-15(2)26(16(20)3)13-22(27)24-11-10-18-6-8-19(9-7-18)21-14-30-17(4)25-21/h6-9,12,14H,5,10-11,13H2,1-4H3,(H,24,27). The third-order valence-corrected chi connectivity index (χ3v) is 5.75. The van der Waals surface area contributed by atoms with Crippen molar-refractivity contribution in [1.82, 2.24) is 14.9 Å². The molecule has 7 heteroatoms. The Bertz CT molecular complexity index is 1030. The van der Waals surface area contributed by atoms with Gasteiger partial charge >= 0.3 is 5.97 Å². The Balaban J connectivity index is 1.52. The van der Waals surface area contributed by atoms with Crippen molar-refractivity contribution in [3.05, 3.63) is 63.2 Å². The van der Waals surface area contributed by atoms with Gasteiger partial charge in [0.1, 0.15) is 6.54 Å². The highest BCUT2D eigenvalue weighted by atomic mass is 32.1. The minimum Gasteiger partial charge on any atom is -0.462 e. The number of amides is 1. The van der Waals surface area contributed by atoms with E-state index in [-0.39, 0.29) is 18.4 Å². The van der Waals surface area contributed by atoms with Crippen LogP contribution in [0.3, 0.4) is 0 Å². The highest BCUT2D eigenvalue weighted by molar-refractivity contribution is 7.09. The molecule has 0 aliphatic heterocycles. The maximum absolute atomic E-state index is 12.4. The summed E-state index contributed by atoms with van der Waals surface area (Å²) in [6, 6.07) is 10.0. The summed E-state index contributed by atoms with van der Waals surface area (Å²) in [4.78, 5) is 28.9. The maximum Gasteiger partial charge on any atom is 0.339 e. The molecule has 1 N–H and O–H groups in total. The number of benzene rings is 1. The van der Waals surface area contributed by atoms with Crippen LogP contribution < -0.4 is 5.32 Å². The zero-order valence-electron chi connectivity index (χ0n) is 17.8. The maximum atomic E-state index is 12.4. The van der Waals surface area contributed by atoms with Gasteiger partial charge in [-0.2, -0.15) is 0 Å². The molecule has 158 valence electrons.